The van der Waals surface area contributed by atoms with Crippen LogP contribution in [0.5, 0.6) is 0 Å². The van der Waals surface area contributed by atoms with Crippen LogP contribution in [0.4, 0.5) is 105 Å². The zero-order valence-corrected chi connectivity index (χ0v) is 30.8. The molecule has 0 saturated heterocycles. The molecule has 0 amide bonds. The lowest BCUT2D eigenvalue weighted by molar-refractivity contribution is -0.681. The second-order valence-corrected chi connectivity index (χ2v) is 13.3. The number of nitrogens with one attached hydrogen (secondary N) is 1. The Hall–Kier alpha value is -6.84. The lowest BCUT2D eigenvalue weighted by atomic mass is 9.12. The summed E-state index contributed by atoms with van der Waals surface area (Å²) in [6.07, 6.45) is -7.22. The van der Waals surface area contributed by atoms with Gasteiger partial charge in [-0.15, -0.1) is 21.9 Å². The van der Waals surface area contributed by atoms with Crippen LogP contribution < -0.4 is 26.8 Å². The molecule has 0 spiro atoms. The van der Waals surface area contributed by atoms with E-state index in [1.54, 1.807) is 0 Å². The van der Waals surface area contributed by atoms with E-state index in [0.717, 1.165) is 0 Å². The molecule has 0 aliphatic rings. The first-order valence-corrected chi connectivity index (χ1v) is 17.4. The van der Waals surface area contributed by atoms with Crippen molar-refractivity contribution in [1.29, 1.82) is 0 Å². The van der Waals surface area contributed by atoms with Crippen LogP contribution in [-0.2, 0) is 0 Å². The van der Waals surface area contributed by atoms with Gasteiger partial charge < -0.3 is 0 Å². The number of benzene rings is 7. The van der Waals surface area contributed by atoms with Gasteiger partial charge in [0.15, 0.2) is 69.8 Å². The molecule has 332 valence electrons. The van der Waals surface area contributed by atoms with E-state index in [1.807, 2.05) is 0 Å². The Bertz CT molecular complexity index is 2460. The molecule has 0 bridgehead atoms. The highest BCUT2D eigenvalue weighted by molar-refractivity contribution is 7.20. The normalized spacial score (nSPS) is 11.6. The summed E-state index contributed by atoms with van der Waals surface area (Å²) in [6.45, 7) is 0. The van der Waals surface area contributed by atoms with Crippen molar-refractivity contribution in [2.24, 2.45) is 0 Å². The number of quaternary nitrogens is 1. The predicted octanol–water partition coefficient (Wildman–Crippen LogP) is 9.71. The van der Waals surface area contributed by atoms with Gasteiger partial charge in [0.25, 0.3) is 0 Å². The summed E-state index contributed by atoms with van der Waals surface area (Å²) < 4.78 is 294. The van der Waals surface area contributed by atoms with Gasteiger partial charge in [0.2, 0.25) is 0 Å². The van der Waals surface area contributed by atoms with Crippen LogP contribution in [-0.4, -0.2) is 6.15 Å². The van der Waals surface area contributed by atoms with E-state index in [4.69, 9.17) is 0 Å². The monoisotopic (exact) mass is 925 g/mol. The van der Waals surface area contributed by atoms with E-state index in [9.17, 15) is 52.7 Å². The largest absolute Gasteiger partial charge is 0.238 e. The molecule has 0 fully saturated rings. The lowest BCUT2D eigenvalue weighted by Crippen LogP contribution is -2.96. The van der Waals surface area contributed by atoms with Gasteiger partial charge in [-0.2, -0.15) is 0 Å². The molecule has 22 heteroatoms. The molecular formula is C42H16BF20N. The quantitative estimate of drug-likeness (QED) is 0.0704. The van der Waals surface area contributed by atoms with Gasteiger partial charge in [0.1, 0.15) is 69.7 Å². The van der Waals surface area contributed by atoms with E-state index in [1.165, 1.54) is 22.0 Å². The van der Waals surface area contributed by atoms with Crippen LogP contribution in [0, 0.1) is 116 Å². The van der Waals surface area contributed by atoms with Crippen LogP contribution >= 0.6 is 0 Å². The maximum absolute atomic E-state index is 15.4. The minimum absolute atomic E-state index is 1.25. The first-order valence-electron chi connectivity index (χ1n) is 17.4. The molecule has 0 aliphatic heterocycles. The fourth-order valence-corrected chi connectivity index (χ4v) is 7.19. The third kappa shape index (κ3) is 7.27. The van der Waals surface area contributed by atoms with Crippen molar-refractivity contribution in [3.05, 3.63) is 207 Å². The van der Waals surface area contributed by atoms with Crippen LogP contribution in [0.2, 0.25) is 0 Å². The Morgan fingerprint density at radius 1 is 0.203 bits per heavy atom. The van der Waals surface area contributed by atoms with Gasteiger partial charge >= 0.3 is 0 Å². The number of rotatable bonds is 7. The number of halogens is 20. The summed E-state index contributed by atoms with van der Waals surface area (Å²) in [6, 6.07) is 31.6. The zero-order chi connectivity index (χ0) is 47.3. The first-order chi connectivity index (χ1) is 30.2. The summed E-state index contributed by atoms with van der Waals surface area (Å²) in [4.78, 5) is 1.28. The van der Waals surface area contributed by atoms with Crippen molar-refractivity contribution in [3.63, 3.8) is 0 Å². The highest BCUT2D eigenvalue weighted by Gasteiger charge is 2.52. The molecule has 7 aromatic rings. The van der Waals surface area contributed by atoms with E-state index in [0.29, 0.717) is 0 Å². The third-order valence-corrected chi connectivity index (χ3v) is 9.89. The summed E-state index contributed by atoms with van der Waals surface area (Å²) in [5.74, 6) is -71.4. The Balaban J connectivity index is 0.000000295. The van der Waals surface area contributed by atoms with Crippen LogP contribution in [0.3, 0.4) is 0 Å². The van der Waals surface area contributed by atoms with Gasteiger partial charge in [-0.3, -0.25) is 0 Å². The van der Waals surface area contributed by atoms with Crippen molar-refractivity contribution in [1.82, 2.24) is 0 Å². The topological polar surface area (TPSA) is 4.44 Å². The molecule has 0 radical (unpaired) electrons. The summed E-state index contributed by atoms with van der Waals surface area (Å²) in [7, 11) is 0. The summed E-state index contributed by atoms with van der Waals surface area (Å²) >= 11 is 0. The zero-order valence-electron chi connectivity index (χ0n) is 30.8. The summed E-state index contributed by atoms with van der Waals surface area (Å²) in [5, 5.41) is 0. The molecular weight excluding hydrogens is 909 g/mol. The lowest BCUT2D eigenvalue weighted by Gasteiger charge is -2.44. The molecule has 0 heterocycles. The van der Waals surface area contributed by atoms with Crippen molar-refractivity contribution in [2.45, 2.75) is 0 Å². The van der Waals surface area contributed by atoms with Crippen LogP contribution in [0.15, 0.2) is 91.0 Å². The predicted molar refractivity (Wildman–Crippen MR) is 188 cm³/mol. The Morgan fingerprint density at radius 2 is 0.344 bits per heavy atom. The second kappa shape index (κ2) is 17.7. The molecule has 0 aromatic heterocycles. The molecule has 0 unspecified atom stereocenters. The Morgan fingerprint density at radius 3 is 0.500 bits per heavy atom. The molecule has 1 N–H and O–H groups in total. The molecule has 7 rings (SSSR count). The van der Waals surface area contributed by atoms with Crippen molar-refractivity contribution in [3.8, 4) is 0 Å². The van der Waals surface area contributed by atoms with Crippen LogP contribution in [0.25, 0.3) is 0 Å². The van der Waals surface area contributed by atoms with E-state index in [2.05, 4.69) is 91.0 Å². The maximum atomic E-state index is 15.4. The summed E-state index contributed by atoms with van der Waals surface area (Å²) in [5.41, 5.74) is -10.6. The highest BCUT2D eigenvalue weighted by atomic mass is 19.2. The number of para-hydroxylation sites is 3. The third-order valence-electron chi connectivity index (χ3n) is 9.89. The molecule has 0 atom stereocenters. The van der Waals surface area contributed by atoms with Crippen molar-refractivity contribution in [2.75, 3.05) is 0 Å². The fourth-order valence-electron chi connectivity index (χ4n) is 7.19. The fraction of sp³-hybridized carbons (Fsp3) is 0. The molecule has 1 nitrogen and oxygen atoms in total. The van der Waals surface area contributed by atoms with Crippen molar-refractivity contribution < 1.29 is 92.7 Å². The average Bonchev–Trinajstić information content (AvgIpc) is 3.30. The number of hydrogen-bond acceptors (Lipinski definition) is 0. The van der Waals surface area contributed by atoms with Crippen molar-refractivity contribution >= 4 is 45.1 Å². The van der Waals surface area contributed by atoms with Crippen LogP contribution in [0.1, 0.15) is 0 Å². The SMILES string of the molecule is Fc1c(F)c(F)c([B-](c2c(F)c(F)c(F)c(F)c2F)(c2c(F)c(F)c(F)c(F)c2F)c2c(F)c(F)c(F)c(F)c2F)c(F)c1F.c1ccc([NH+](c2ccccc2)c2ccccc2)cc1. The standard InChI is InChI=1S/C24BF20.C18H15N/c26-5-1(6(27)14(35)21(42)13(5)34)25(2-7(28)15(36)22(43)16(37)8(2)29,3-9(30)17(38)23(44)18(39)10(3)31)4-11(32)19(40)24(45)20(41)12(4)33;1-4-10-16(11-5-1)19(17-12-6-2-7-13-17)18-14-8-3-9-15-18/h;1-15H/q-1;/p+1. The van der Waals surface area contributed by atoms with E-state index >= 15 is 35.1 Å². The second-order valence-electron chi connectivity index (χ2n) is 13.3. The van der Waals surface area contributed by atoms with E-state index < -0.39 is 144 Å². The first kappa shape index (κ1) is 46.7. The Kier molecular flexibility index (Phi) is 12.9. The smallest absolute Gasteiger partial charge is 0.200 e. The maximum Gasteiger partial charge on any atom is 0.200 e. The highest BCUT2D eigenvalue weighted by Crippen LogP contribution is 2.31. The molecule has 64 heavy (non-hydrogen) atoms. The Labute approximate surface area is 345 Å². The van der Waals surface area contributed by atoms with Gasteiger partial charge in [0.05, 0.1) is 0 Å². The van der Waals surface area contributed by atoms with E-state index in [-0.39, 0.29) is 0 Å². The average molecular weight is 925 g/mol. The van der Waals surface area contributed by atoms with Gasteiger partial charge in [-0.25, -0.2) is 92.7 Å². The minimum Gasteiger partial charge on any atom is -0.238 e. The molecule has 0 aliphatic carbocycles. The van der Waals surface area contributed by atoms with Gasteiger partial charge in [-0.05, 0) is 36.4 Å². The minimum atomic E-state index is -7.22. The number of hydrogen-bond donors (Lipinski definition) is 1. The molecule has 7 aromatic carbocycles. The van der Waals surface area contributed by atoms with Gasteiger partial charge in [0, 0.05) is 0 Å². The van der Waals surface area contributed by atoms with Gasteiger partial charge in [-0.1, -0.05) is 54.6 Å². The molecule has 0 saturated carbocycles.